The van der Waals surface area contributed by atoms with E-state index in [4.69, 9.17) is 4.74 Å². The first-order chi connectivity index (χ1) is 10.1. The van der Waals surface area contributed by atoms with Gasteiger partial charge >= 0.3 is 0 Å². The fraction of sp³-hybridized carbons (Fsp3) is 0.750. The number of hydrogen-bond acceptors (Lipinski definition) is 5. The lowest BCUT2D eigenvalue weighted by Crippen LogP contribution is -2.34. The molecule has 2 rings (SSSR count). The Morgan fingerprint density at radius 3 is 2.62 bits per heavy atom. The van der Waals surface area contributed by atoms with Crippen LogP contribution in [-0.2, 0) is 4.74 Å². The number of piperidine rings is 1. The maximum Gasteiger partial charge on any atom is 0.132 e. The molecule has 0 amide bonds. The molecule has 5 nitrogen and oxygen atoms in total. The molecule has 1 saturated heterocycles. The van der Waals surface area contributed by atoms with Gasteiger partial charge in [-0.1, -0.05) is 0 Å². The van der Waals surface area contributed by atoms with Crippen LogP contribution in [0.1, 0.15) is 36.3 Å². The number of hydrogen-bond donors (Lipinski definition) is 1. The van der Waals surface area contributed by atoms with E-state index in [0.29, 0.717) is 6.10 Å². The summed E-state index contributed by atoms with van der Waals surface area (Å²) in [6.07, 6.45) is 3.78. The maximum atomic E-state index is 5.95. The highest BCUT2D eigenvalue weighted by Crippen LogP contribution is 2.15. The van der Waals surface area contributed by atoms with Gasteiger partial charge in [-0.25, -0.2) is 9.97 Å². The molecule has 0 bridgehead atoms. The van der Waals surface area contributed by atoms with Crippen LogP contribution < -0.4 is 5.32 Å². The fourth-order valence-electron chi connectivity index (χ4n) is 2.62. The summed E-state index contributed by atoms with van der Waals surface area (Å²) >= 11 is 0. The van der Waals surface area contributed by atoms with E-state index >= 15 is 0 Å². The molecule has 0 atom stereocenters. The number of aryl methyl sites for hydroxylation is 2. The summed E-state index contributed by atoms with van der Waals surface area (Å²) in [5.41, 5.74) is 2.18. The Kier molecular flexibility index (Phi) is 5.94. The third-order valence-corrected chi connectivity index (χ3v) is 4.13. The summed E-state index contributed by atoms with van der Waals surface area (Å²) in [5.74, 6) is 1.78. The molecule has 1 fully saturated rings. The second kappa shape index (κ2) is 7.71. The molecule has 1 aliphatic rings. The Morgan fingerprint density at radius 1 is 1.19 bits per heavy atom. The molecule has 0 radical (unpaired) electrons. The van der Waals surface area contributed by atoms with Crippen molar-refractivity contribution in [3.63, 3.8) is 0 Å². The number of nitrogens with one attached hydrogen (secondary N) is 1. The second-order valence-electron chi connectivity index (χ2n) is 5.98. The molecule has 1 aliphatic heterocycles. The third kappa shape index (κ3) is 4.93. The van der Waals surface area contributed by atoms with Crippen LogP contribution in [0.2, 0.25) is 0 Å². The Balaban J connectivity index is 1.66. The number of rotatable bonds is 6. The normalized spacial score (nSPS) is 17.1. The van der Waals surface area contributed by atoms with E-state index in [2.05, 4.69) is 34.2 Å². The van der Waals surface area contributed by atoms with Gasteiger partial charge in [0.1, 0.15) is 11.6 Å². The van der Waals surface area contributed by atoms with Gasteiger partial charge in [-0.3, -0.25) is 0 Å². The third-order valence-electron chi connectivity index (χ3n) is 4.13. The standard InChI is InChI=1S/C16H28N4O/c1-12-13(2)18-14(3)19-16(12)17-8-5-11-21-15-6-9-20(4)10-7-15/h15H,5-11H2,1-4H3,(H,17,18,19). The van der Waals surface area contributed by atoms with Crippen LogP contribution in [0.15, 0.2) is 0 Å². The van der Waals surface area contributed by atoms with Gasteiger partial charge in [-0.05, 0) is 47.1 Å². The highest BCUT2D eigenvalue weighted by molar-refractivity contribution is 5.45. The summed E-state index contributed by atoms with van der Waals surface area (Å²) in [4.78, 5) is 11.2. The zero-order valence-corrected chi connectivity index (χ0v) is 13.8. The monoisotopic (exact) mass is 292 g/mol. The Labute approximate surface area is 128 Å². The molecule has 1 aromatic rings. The maximum absolute atomic E-state index is 5.95. The Bertz CT molecular complexity index is 456. The molecule has 0 unspecified atom stereocenters. The first-order valence-electron chi connectivity index (χ1n) is 7.92. The lowest BCUT2D eigenvalue weighted by molar-refractivity contribution is 0.0125. The van der Waals surface area contributed by atoms with Crippen LogP contribution >= 0.6 is 0 Å². The molecule has 1 aromatic heterocycles. The van der Waals surface area contributed by atoms with Crippen LogP contribution in [-0.4, -0.2) is 54.3 Å². The van der Waals surface area contributed by atoms with Crippen molar-refractivity contribution < 1.29 is 4.74 Å². The van der Waals surface area contributed by atoms with E-state index in [9.17, 15) is 0 Å². The summed E-state index contributed by atoms with van der Waals surface area (Å²) in [7, 11) is 2.17. The molecular weight excluding hydrogens is 264 g/mol. The quantitative estimate of drug-likeness (QED) is 0.815. The molecular formula is C16H28N4O. The molecule has 0 saturated carbocycles. The molecule has 1 N–H and O–H groups in total. The molecule has 2 heterocycles. The zero-order chi connectivity index (χ0) is 15.2. The van der Waals surface area contributed by atoms with E-state index in [1.807, 2.05) is 13.8 Å². The van der Waals surface area contributed by atoms with E-state index < -0.39 is 0 Å². The van der Waals surface area contributed by atoms with Crippen molar-refractivity contribution in [2.24, 2.45) is 0 Å². The van der Waals surface area contributed by atoms with Gasteiger partial charge in [0, 0.05) is 37.5 Å². The average molecular weight is 292 g/mol. The van der Waals surface area contributed by atoms with Crippen molar-refractivity contribution in [3.05, 3.63) is 17.1 Å². The lowest BCUT2D eigenvalue weighted by atomic mass is 10.1. The highest BCUT2D eigenvalue weighted by Gasteiger charge is 2.16. The van der Waals surface area contributed by atoms with Crippen molar-refractivity contribution in [1.82, 2.24) is 14.9 Å². The van der Waals surface area contributed by atoms with Crippen molar-refractivity contribution in [2.75, 3.05) is 38.6 Å². The zero-order valence-electron chi connectivity index (χ0n) is 13.8. The highest BCUT2D eigenvalue weighted by atomic mass is 16.5. The number of anilines is 1. The minimum absolute atomic E-state index is 0.450. The number of ether oxygens (including phenoxy) is 1. The van der Waals surface area contributed by atoms with E-state index in [-0.39, 0.29) is 0 Å². The van der Waals surface area contributed by atoms with Crippen molar-refractivity contribution in [2.45, 2.75) is 46.1 Å². The predicted molar refractivity (Wildman–Crippen MR) is 85.8 cm³/mol. The van der Waals surface area contributed by atoms with Crippen molar-refractivity contribution in [3.8, 4) is 0 Å². The topological polar surface area (TPSA) is 50.3 Å². The van der Waals surface area contributed by atoms with Crippen molar-refractivity contribution >= 4 is 5.82 Å². The number of aromatic nitrogens is 2. The Hall–Kier alpha value is -1.20. The molecule has 21 heavy (non-hydrogen) atoms. The van der Waals surface area contributed by atoms with Crippen LogP contribution in [0.25, 0.3) is 0 Å². The van der Waals surface area contributed by atoms with Gasteiger partial charge < -0.3 is 15.0 Å². The Morgan fingerprint density at radius 2 is 1.90 bits per heavy atom. The SMILES string of the molecule is Cc1nc(C)c(C)c(NCCCOC2CCN(C)CC2)n1. The van der Waals surface area contributed by atoms with Gasteiger partial charge in [-0.2, -0.15) is 0 Å². The first kappa shape index (κ1) is 16.2. The first-order valence-corrected chi connectivity index (χ1v) is 7.92. The summed E-state index contributed by atoms with van der Waals surface area (Å²) in [5, 5.41) is 3.40. The van der Waals surface area contributed by atoms with Gasteiger partial charge in [0.25, 0.3) is 0 Å². The molecule has 0 spiro atoms. The predicted octanol–water partition coefficient (Wildman–Crippen LogP) is 2.31. The number of nitrogens with zero attached hydrogens (tertiary/aromatic N) is 3. The minimum atomic E-state index is 0.450. The summed E-state index contributed by atoms with van der Waals surface area (Å²) < 4.78 is 5.95. The molecule has 0 aromatic carbocycles. The lowest BCUT2D eigenvalue weighted by Gasteiger charge is -2.28. The molecule has 5 heteroatoms. The van der Waals surface area contributed by atoms with Gasteiger partial charge in [-0.15, -0.1) is 0 Å². The largest absolute Gasteiger partial charge is 0.378 e. The molecule has 118 valence electrons. The van der Waals surface area contributed by atoms with Crippen LogP contribution in [0, 0.1) is 20.8 Å². The van der Waals surface area contributed by atoms with E-state index in [0.717, 1.165) is 68.4 Å². The van der Waals surface area contributed by atoms with E-state index in [1.165, 1.54) is 0 Å². The minimum Gasteiger partial charge on any atom is -0.378 e. The van der Waals surface area contributed by atoms with Crippen LogP contribution in [0.3, 0.4) is 0 Å². The summed E-state index contributed by atoms with van der Waals surface area (Å²) in [6.45, 7) is 10.0. The van der Waals surface area contributed by atoms with Gasteiger partial charge in [0.2, 0.25) is 0 Å². The molecule has 0 aliphatic carbocycles. The van der Waals surface area contributed by atoms with Crippen LogP contribution in [0.4, 0.5) is 5.82 Å². The second-order valence-corrected chi connectivity index (χ2v) is 5.98. The number of likely N-dealkylation sites (tertiary alicyclic amines) is 1. The fourth-order valence-corrected chi connectivity index (χ4v) is 2.62. The smallest absolute Gasteiger partial charge is 0.132 e. The van der Waals surface area contributed by atoms with E-state index in [1.54, 1.807) is 0 Å². The summed E-state index contributed by atoms with van der Waals surface area (Å²) in [6, 6.07) is 0. The average Bonchev–Trinajstić information content (AvgIpc) is 2.45. The van der Waals surface area contributed by atoms with Crippen molar-refractivity contribution in [1.29, 1.82) is 0 Å². The van der Waals surface area contributed by atoms with Crippen LogP contribution in [0.5, 0.6) is 0 Å². The van der Waals surface area contributed by atoms with Gasteiger partial charge in [0.15, 0.2) is 0 Å². The van der Waals surface area contributed by atoms with Gasteiger partial charge in [0.05, 0.1) is 6.10 Å².